The molecule has 1 N–H and O–H groups in total. The number of morpholine rings is 1. The largest absolute Gasteiger partial charge is 0.379 e. The molecule has 0 unspecified atom stereocenters. The lowest BCUT2D eigenvalue weighted by molar-refractivity contribution is 0.00651. The Hall–Kier alpha value is -0.900. The van der Waals surface area contributed by atoms with Crippen LogP contribution in [0.15, 0.2) is 30.3 Å². The SMILES string of the molecule is c1ccc([C@@H]2C[C@H]2NC2CCC(N3CCOCC3)CC2)cc1. The summed E-state index contributed by atoms with van der Waals surface area (Å²) < 4.78 is 5.47. The lowest BCUT2D eigenvalue weighted by atomic mass is 9.90. The van der Waals surface area contributed by atoms with E-state index in [1.54, 1.807) is 0 Å². The van der Waals surface area contributed by atoms with Crippen LogP contribution in [0.3, 0.4) is 0 Å². The van der Waals surface area contributed by atoms with Crippen LogP contribution in [0.5, 0.6) is 0 Å². The van der Waals surface area contributed by atoms with Gasteiger partial charge in [-0.1, -0.05) is 30.3 Å². The number of hydrogen-bond donors (Lipinski definition) is 1. The highest BCUT2D eigenvalue weighted by molar-refractivity contribution is 5.27. The Morgan fingerprint density at radius 3 is 2.41 bits per heavy atom. The van der Waals surface area contributed by atoms with E-state index in [-0.39, 0.29) is 0 Å². The van der Waals surface area contributed by atoms with Crippen LogP contribution < -0.4 is 5.32 Å². The third kappa shape index (κ3) is 3.37. The summed E-state index contributed by atoms with van der Waals surface area (Å²) in [7, 11) is 0. The smallest absolute Gasteiger partial charge is 0.0594 e. The normalized spacial score (nSPS) is 36.2. The van der Waals surface area contributed by atoms with Gasteiger partial charge in [-0.2, -0.15) is 0 Å². The first-order valence-electron chi connectivity index (χ1n) is 9.03. The lowest BCUT2D eigenvalue weighted by Gasteiger charge is -2.39. The topological polar surface area (TPSA) is 24.5 Å². The molecule has 2 atom stereocenters. The van der Waals surface area contributed by atoms with Gasteiger partial charge >= 0.3 is 0 Å². The van der Waals surface area contributed by atoms with E-state index in [0.29, 0.717) is 0 Å². The Labute approximate surface area is 134 Å². The third-order valence-corrected chi connectivity index (χ3v) is 5.73. The van der Waals surface area contributed by atoms with Crippen molar-refractivity contribution in [3.05, 3.63) is 35.9 Å². The van der Waals surface area contributed by atoms with Crippen molar-refractivity contribution >= 4 is 0 Å². The quantitative estimate of drug-likeness (QED) is 0.925. The van der Waals surface area contributed by atoms with Crippen molar-refractivity contribution in [2.45, 2.75) is 56.1 Å². The Bertz CT molecular complexity index is 464. The van der Waals surface area contributed by atoms with E-state index in [4.69, 9.17) is 4.74 Å². The molecule has 1 saturated heterocycles. The summed E-state index contributed by atoms with van der Waals surface area (Å²) >= 11 is 0. The van der Waals surface area contributed by atoms with E-state index < -0.39 is 0 Å². The maximum absolute atomic E-state index is 5.47. The Balaban J connectivity index is 1.22. The summed E-state index contributed by atoms with van der Waals surface area (Å²) in [6.07, 6.45) is 6.74. The number of ether oxygens (including phenoxy) is 1. The Morgan fingerprint density at radius 1 is 0.955 bits per heavy atom. The maximum Gasteiger partial charge on any atom is 0.0594 e. The third-order valence-electron chi connectivity index (χ3n) is 5.73. The van der Waals surface area contributed by atoms with E-state index in [1.165, 1.54) is 37.7 Å². The summed E-state index contributed by atoms with van der Waals surface area (Å²) in [4.78, 5) is 2.66. The fraction of sp³-hybridized carbons (Fsp3) is 0.684. The number of nitrogens with one attached hydrogen (secondary N) is 1. The highest BCUT2D eigenvalue weighted by Gasteiger charge is 2.40. The molecule has 1 aromatic rings. The van der Waals surface area contributed by atoms with Crippen LogP contribution in [-0.2, 0) is 4.74 Å². The van der Waals surface area contributed by atoms with Crippen molar-refractivity contribution in [3.63, 3.8) is 0 Å². The van der Waals surface area contributed by atoms with Crippen LogP contribution in [0.4, 0.5) is 0 Å². The van der Waals surface area contributed by atoms with Gasteiger partial charge in [-0.25, -0.2) is 0 Å². The van der Waals surface area contributed by atoms with E-state index in [2.05, 4.69) is 40.5 Å². The Kier molecular flexibility index (Phi) is 4.47. The van der Waals surface area contributed by atoms with Crippen LogP contribution in [0.2, 0.25) is 0 Å². The average Bonchev–Trinajstić information content (AvgIpc) is 3.36. The fourth-order valence-electron chi connectivity index (χ4n) is 4.30. The molecule has 0 aromatic heterocycles. The molecule has 3 nitrogen and oxygen atoms in total. The van der Waals surface area contributed by atoms with Crippen LogP contribution in [-0.4, -0.2) is 49.3 Å². The fourth-order valence-corrected chi connectivity index (χ4v) is 4.30. The number of rotatable bonds is 4. The van der Waals surface area contributed by atoms with Gasteiger partial charge in [0.15, 0.2) is 0 Å². The summed E-state index contributed by atoms with van der Waals surface area (Å²) in [5.41, 5.74) is 1.52. The number of benzene rings is 1. The minimum atomic E-state index is 0.729. The molecule has 3 fully saturated rings. The molecule has 2 aliphatic carbocycles. The lowest BCUT2D eigenvalue weighted by Crippen LogP contribution is -2.47. The summed E-state index contributed by atoms with van der Waals surface area (Å²) in [6, 6.07) is 13.3. The monoisotopic (exact) mass is 300 g/mol. The van der Waals surface area contributed by atoms with E-state index in [9.17, 15) is 0 Å². The molecule has 22 heavy (non-hydrogen) atoms. The zero-order valence-corrected chi connectivity index (χ0v) is 13.4. The van der Waals surface area contributed by atoms with E-state index in [1.807, 2.05) is 0 Å². The zero-order chi connectivity index (χ0) is 14.8. The molecule has 4 rings (SSSR count). The first kappa shape index (κ1) is 14.7. The van der Waals surface area contributed by atoms with Gasteiger partial charge in [0.05, 0.1) is 13.2 Å². The minimum absolute atomic E-state index is 0.729. The molecule has 0 amide bonds. The van der Waals surface area contributed by atoms with Gasteiger partial charge in [-0.3, -0.25) is 4.90 Å². The molecule has 120 valence electrons. The van der Waals surface area contributed by atoms with Crippen LogP contribution >= 0.6 is 0 Å². The standard InChI is InChI=1S/C19H28N2O/c1-2-4-15(5-3-1)18-14-19(18)20-16-6-8-17(9-7-16)21-10-12-22-13-11-21/h1-5,16-20H,6-14H2/t16?,17?,18-,19+/m0/s1. The van der Waals surface area contributed by atoms with Gasteiger partial charge in [0.2, 0.25) is 0 Å². The molecule has 0 radical (unpaired) electrons. The van der Waals surface area contributed by atoms with Crippen LogP contribution in [0.1, 0.15) is 43.6 Å². The van der Waals surface area contributed by atoms with Gasteiger partial charge in [-0.15, -0.1) is 0 Å². The second-order valence-corrected chi connectivity index (χ2v) is 7.18. The van der Waals surface area contributed by atoms with Gasteiger partial charge < -0.3 is 10.1 Å². The summed E-state index contributed by atoms with van der Waals surface area (Å²) in [5, 5.41) is 3.92. The number of nitrogens with zero attached hydrogens (tertiary/aromatic N) is 1. The minimum Gasteiger partial charge on any atom is -0.379 e. The highest BCUT2D eigenvalue weighted by Crippen LogP contribution is 2.41. The van der Waals surface area contributed by atoms with Crippen molar-refractivity contribution in [1.82, 2.24) is 10.2 Å². The van der Waals surface area contributed by atoms with Crippen molar-refractivity contribution < 1.29 is 4.74 Å². The Morgan fingerprint density at radius 2 is 1.68 bits per heavy atom. The van der Waals surface area contributed by atoms with Crippen molar-refractivity contribution in [3.8, 4) is 0 Å². The van der Waals surface area contributed by atoms with Crippen LogP contribution in [0, 0.1) is 0 Å². The van der Waals surface area contributed by atoms with Gasteiger partial charge in [0.1, 0.15) is 0 Å². The summed E-state index contributed by atoms with van der Waals surface area (Å²) in [6.45, 7) is 4.14. The molecule has 1 aromatic carbocycles. The van der Waals surface area contributed by atoms with Gasteiger partial charge in [0, 0.05) is 37.1 Å². The first-order chi connectivity index (χ1) is 10.9. The van der Waals surface area contributed by atoms with E-state index in [0.717, 1.165) is 50.3 Å². The maximum atomic E-state index is 5.47. The van der Waals surface area contributed by atoms with E-state index >= 15 is 0 Å². The molecule has 2 saturated carbocycles. The van der Waals surface area contributed by atoms with Crippen molar-refractivity contribution in [2.75, 3.05) is 26.3 Å². The molecule has 3 aliphatic rings. The second kappa shape index (κ2) is 6.69. The summed E-state index contributed by atoms with van der Waals surface area (Å²) in [5.74, 6) is 0.762. The predicted octanol–water partition coefficient (Wildman–Crippen LogP) is 2.78. The zero-order valence-electron chi connectivity index (χ0n) is 13.4. The molecule has 0 bridgehead atoms. The predicted molar refractivity (Wildman–Crippen MR) is 89.2 cm³/mol. The van der Waals surface area contributed by atoms with Crippen molar-refractivity contribution in [2.24, 2.45) is 0 Å². The molecule has 1 aliphatic heterocycles. The van der Waals surface area contributed by atoms with Crippen molar-refractivity contribution in [1.29, 1.82) is 0 Å². The average molecular weight is 300 g/mol. The van der Waals surface area contributed by atoms with Gasteiger partial charge in [0.25, 0.3) is 0 Å². The number of hydrogen-bond acceptors (Lipinski definition) is 3. The highest BCUT2D eigenvalue weighted by atomic mass is 16.5. The molecule has 0 spiro atoms. The molecule has 3 heteroatoms. The molecular formula is C19H28N2O. The molecular weight excluding hydrogens is 272 g/mol. The second-order valence-electron chi connectivity index (χ2n) is 7.18. The first-order valence-corrected chi connectivity index (χ1v) is 9.03. The van der Waals surface area contributed by atoms with Crippen LogP contribution in [0.25, 0.3) is 0 Å². The van der Waals surface area contributed by atoms with Gasteiger partial charge in [-0.05, 0) is 37.7 Å². The molecule has 1 heterocycles.